The molecule has 0 radical (unpaired) electrons. The van der Waals surface area contributed by atoms with Gasteiger partial charge in [-0.1, -0.05) is 60.7 Å². The first-order chi connectivity index (χ1) is 18.1. The number of nitrogens with zero attached hydrogens (tertiary/aromatic N) is 1. The summed E-state index contributed by atoms with van der Waals surface area (Å²) in [6.07, 6.45) is -3.14. The first kappa shape index (κ1) is 26.7. The van der Waals surface area contributed by atoms with Gasteiger partial charge in [-0.3, -0.25) is 10.1 Å². The number of nitro groups is 1. The second-order valence-corrected chi connectivity index (χ2v) is 8.59. The van der Waals surface area contributed by atoms with Crippen LogP contribution in [0.1, 0.15) is 11.1 Å². The molecule has 4 rings (SSSR count). The predicted octanol–water partition coefficient (Wildman–Crippen LogP) is 4.53. The molecule has 37 heavy (non-hydrogen) atoms. The third kappa shape index (κ3) is 7.12. The number of ether oxygens (including phenoxy) is 6. The average molecular weight is 510 g/mol. The molecule has 0 amide bonds. The van der Waals surface area contributed by atoms with Gasteiger partial charge < -0.3 is 28.4 Å². The zero-order chi connectivity index (χ0) is 26.0. The largest absolute Gasteiger partial charge is 0.462 e. The fourth-order valence-electron chi connectivity index (χ4n) is 4.24. The van der Waals surface area contributed by atoms with Gasteiger partial charge in [-0.25, -0.2) is 0 Å². The van der Waals surface area contributed by atoms with Crippen molar-refractivity contribution in [3.63, 3.8) is 0 Å². The van der Waals surface area contributed by atoms with Crippen molar-refractivity contribution in [2.24, 2.45) is 0 Å². The smallest absolute Gasteiger partial charge is 0.269 e. The maximum atomic E-state index is 11.1. The lowest BCUT2D eigenvalue weighted by Gasteiger charge is -2.45. The van der Waals surface area contributed by atoms with Gasteiger partial charge in [0.05, 0.1) is 24.7 Å². The van der Waals surface area contributed by atoms with E-state index in [4.69, 9.17) is 28.4 Å². The molecule has 0 N–H and O–H groups in total. The van der Waals surface area contributed by atoms with Gasteiger partial charge >= 0.3 is 0 Å². The van der Waals surface area contributed by atoms with Crippen molar-refractivity contribution in [3.05, 3.63) is 106 Å². The van der Waals surface area contributed by atoms with Crippen LogP contribution in [0.5, 0.6) is 5.75 Å². The molecule has 0 unspecified atom stereocenters. The highest BCUT2D eigenvalue weighted by molar-refractivity contribution is 5.36. The summed E-state index contributed by atoms with van der Waals surface area (Å²) in [5, 5.41) is 11.1. The van der Waals surface area contributed by atoms with Crippen LogP contribution in [0.15, 0.2) is 84.9 Å². The molecular weight excluding hydrogens is 478 g/mol. The minimum Gasteiger partial charge on any atom is -0.462 e. The quantitative estimate of drug-likeness (QED) is 0.259. The summed E-state index contributed by atoms with van der Waals surface area (Å²) in [7, 11) is 3.18. The van der Waals surface area contributed by atoms with Gasteiger partial charge in [0.2, 0.25) is 6.29 Å². The molecule has 0 aliphatic carbocycles. The highest BCUT2D eigenvalue weighted by Crippen LogP contribution is 2.31. The molecule has 5 atom stereocenters. The van der Waals surface area contributed by atoms with E-state index in [9.17, 15) is 10.1 Å². The van der Waals surface area contributed by atoms with Crippen LogP contribution < -0.4 is 4.74 Å². The fourth-order valence-corrected chi connectivity index (χ4v) is 4.24. The third-order valence-electron chi connectivity index (χ3n) is 6.06. The van der Waals surface area contributed by atoms with E-state index in [0.717, 1.165) is 11.1 Å². The van der Waals surface area contributed by atoms with Crippen LogP contribution in [0.2, 0.25) is 0 Å². The molecule has 3 aromatic rings. The number of nitro benzene ring substituents is 1. The van der Waals surface area contributed by atoms with Gasteiger partial charge in [0.25, 0.3) is 5.69 Å². The van der Waals surface area contributed by atoms with Crippen LogP contribution in [0.3, 0.4) is 0 Å². The Morgan fingerprint density at radius 1 is 0.784 bits per heavy atom. The SMILES string of the molecule is COC[C@H]1O[C@@H](Oc2ccc([N+](=O)[O-])cc2)[C@H](OCc2ccccc2)[C@@H](OCc2ccccc2)[C@H]1OC. The summed E-state index contributed by atoms with van der Waals surface area (Å²) in [6.45, 7) is 0.876. The van der Waals surface area contributed by atoms with Crippen molar-refractivity contribution in [1.82, 2.24) is 0 Å². The molecule has 9 nitrogen and oxygen atoms in total. The van der Waals surface area contributed by atoms with Crippen molar-refractivity contribution in [3.8, 4) is 5.75 Å². The van der Waals surface area contributed by atoms with Crippen molar-refractivity contribution in [2.45, 2.75) is 43.9 Å². The Balaban J connectivity index is 1.61. The molecule has 0 aromatic heterocycles. The Labute approximate surface area is 216 Å². The monoisotopic (exact) mass is 509 g/mol. The van der Waals surface area contributed by atoms with E-state index in [1.54, 1.807) is 14.2 Å². The first-order valence-electron chi connectivity index (χ1n) is 12.0. The summed E-state index contributed by atoms with van der Waals surface area (Å²) >= 11 is 0. The van der Waals surface area contributed by atoms with Gasteiger partial charge in [-0.15, -0.1) is 0 Å². The lowest BCUT2D eigenvalue weighted by Crippen LogP contribution is -2.62. The number of hydrogen-bond acceptors (Lipinski definition) is 8. The molecule has 0 spiro atoms. The molecule has 1 saturated heterocycles. The van der Waals surface area contributed by atoms with Gasteiger partial charge in [-0.2, -0.15) is 0 Å². The van der Waals surface area contributed by atoms with Crippen LogP contribution in [0.4, 0.5) is 5.69 Å². The van der Waals surface area contributed by atoms with Crippen molar-refractivity contribution >= 4 is 5.69 Å². The van der Waals surface area contributed by atoms with Crippen LogP contribution in [0.25, 0.3) is 0 Å². The topological polar surface area (TPSA) is 98.5 Å². The maximum Gasteiger partial charge on any atom is 0.269 e. The van der Waals surface area contributed by atoms with Gasteiger partial charge in [-0.05, 0) is 23.3 Å². The summed E-state index contributed by atoms with van der Waals surface area (Å²) < 4.78 is 36.5. The first-order valence-corrected chi connectivity index (χ1v) is 12.0. The van der Waals surface area contributed by atoms with E-state index in [0.29, 0.717) is 19.0 Å². The van der Waals surface area contributed by atoms with Crippen LogP contribution >= 0.6 is 0 Å². The lowest BCUT2D eigenvalue weighted by atomic mass is 9.98. The van der Waals surface area contributed by atoms with Gasteiger partial charge in [0.1, 0.15) is 30.2 Å². The fraction of sp³-hybridized carbons (Fsp3) is 0.357. The van der Waals surface area contributed by atoms with E-state index >= 15 is 0 Å². The molecule has 196 valence electrons. The van der Waals surface area contributed by atoms with E-state index in [-0.39, 0.29) is 12.3 Å². The second-order valence-electron chi connectivity index (χ2n) is 8.59. The average Bonchev–Trinajstić information content (AvgIpc) is 2.93. The zero-order valence-electron chi connectivity index (χ0n) is 20.8. The molecule has 9 heteroatoms. The highest BCUT2D eigenvalue weighted by atomic mass is 16.7. The number of non-ortho nitro benzene ring substituents is 1. The summed E-state index contributed by atoms with van der Waals surface area (Å²) in [5.74, 6) is 0.401. The Bertz CT molecular complexity index is 1100. The number of benzene rings is 3. The van der Waals surface area contributed by atoms with Gasteiger partial charge in [0, 0.05) is 26.4 Å². The number of rotatable bonds is 12. The minimum absolute atomic E-state index is 0.0328. The number of methoxy groups -OCH3 is 2. The molecule has 3 aromatic carbocycles. The molecule has 0 bridgehead atoms. The Hall–Kier alpha value is -3.34. The van der Waals surface area contributed by atoms with Crippen LogP contribution in [-0.2, 0) is 36.9 Å². The minimum atomic E-state index is -0.891. The van der Waals surface area contributed by atoms with E-state index in [2.05, 4.69) is 0 Å². The summed E-state index contributed by atoms with van der Waals surface area (Å²) in [6, 6.07) is 25.4. The Morgan fingerprint density at radius 3 is 1.86 bits per heavy atom. The highest BCUT2D eigenvalue weighted by Gasteiger charge is 2.49. The van der Waals surface area contributed by atoms with Crippen molar-refractivity contribution < 1.29 is 33.3 Å². The van der Waals surface area contributed by atoms with Crippen molar-refractivity contribution in [2.75, 3.05) is 20.8 Å². The second kappa shape index (κ2) is 13.3. The Kier molecular flexibility index (Phi) is 9.58. The normalized spacial score (nSPS) is 23.5. The van der Waals surface area contributed by atoms with E-state index in [1.165, 1.54) is 24.3 Å². The number of hydrogen-bond donors (Lipinski definition) is 0. The Morgan fingerprint density at radius 2 is 1.35 bits per heavy atom. The molecule has 1 aliphatic rings. The molecule has 1 heterocycles. The molecule has 1 aliphatic heterocycles. The summed E-state index contributed by atoms with van der Waals surface area (Å²) in [4.78, 5) is 10.6. The van der Waals surface area contributed by atoms with Crippen LogP contribution in [0, 0.1) is 10.1 Å². The standard InChI is InChI=1S/C28H31NO8/c1-32-19-24-25(33-2)26(34-17-20-9-5-3-6-10-20)27(35-18-21-11-7-4-8-12-21)28(37-24)36-23-15-13-22(14-16-23)29(30)31/h3-16,24-28H,17-19H2,1-2H3/t24-,25+,26+,27-,28-/m1/s1. The van der Waals surface area contributed by atoms with E-state index < -0.39 is 35.6 Å². The van der Waals surface area contributed by atoms with Gasteiger partial charge in [0.15, 0.2) is 0 Å². The predicted molar refractivity (Wildman–Crippen MR) is 135 cm³/mol. The van der Waals surface area contributed by atoms with E-state index in [1.807, 2.05) is 60.7 Å². The maximum absolute atomic E-state index is 11.1. The molecular formula is C28H31NO8. The lowest BCUT2D eigenvalue weighted by molar-refractivity contribution is -0.384. The summed E-state index contributed by atoms with van der Waals surface area (Å²) in [5.41, 5.74) is 1.95. The molecule has 0 saturated carbocycles. The van der Waals surface area contributed by atoms with Crippen molar-refractivity contribution in [1.29, 1.82) is 0 Å². The zero-order valence-corrected chi connectivity index (χ0v) is 20.8. The third-order valence-corrected chi connectivity index (χ3v) is 6.06. The van der Waals surface area contributed by atoms with Crippen LogP contribution in [-0.4, -0.2) is 56.5 Å². The molecule has 1 fully saturated rings.